The van der Waals surface area contributed by atoms with Crippen LogP contribution < -0.4 is 5.32 Å². The highest BCUT2D eigenvalue weighted by Gasteiger charge is 2.25. The first-order valence-corrected chi connectivity index (χ1v) is 9.15. The van der Waals surface area contributed by atoms with E-state index in [1.54, 1.807) is 0 Å². The zero-order valence-corrected chi connectivity index (χ0v) is 15.6. The lowest BCUT2D eigenvalue weighted by Gasteiger charge is -2.33. The number of piperidine rings is 1. The Morgan fingerprint density at radius 3 is 2.40 bits per heavy atom. The fourth-order valence-corrected chi connectivity index (χ4v) is 2.99. The van der Waals surface area contributed by atoms with Crippen LogP contribution in [-0.4, -0.2) is 41.6 Å². The van der Waals surface area contributed by atoms with Gasteiger partial charge in [0.25, 0.3) is 0 Å². The first kappa shape index (κ1) is 19.3. The molecule has 138 valence electrons. The third kappa shape index (κ3) is 7.16. The molecule has 2 amide bonds. The lowest BCUT2D eigenvalue weighted by Crippen LogP contribution is -2.47. The Hall–Kier alpha value is -2.04. The molecule has 25 heavy (non-hydrogen) atoms. The fraction of sp³-hybridized carbons (Fsp3) is 0.600. The van der Waals surface area contributed by atoms with E-state index in [4.69, 9.17) is 4.74 Å². The quantitative estimate of drug-likeness (QED) is 0.887. The minimum atomic E-state index is -0.487. The van der Waals surface area contributed by atoms with Crippen LogP contribution in [0.2, 0.25) is 0 Å². The van der Waals surface area contributed by atoms with Gasteiger partial charge < -0.3 is 15.0 Å². The number of ether oxygens (including phenoxy) is 1. The maximum atomic E-state index is 12.3. The van der Waals surface area contributed by atoms with Crippen LogP contribution in [0.5, 0.6) is 0 Å². The molecular formula is C20H30N2O3. The highest BCUT2D eigenvalue weighted by Crippen LogP contribution is 2.14. The average Bonchev–Trinajstić information content (AvgIpc) is 2.54. The van der Waals surface area contributed by atoms with Crippen LogP contribution in [0.1, 0.15) is 52.0 Å². The second kappa shape index (κ2) is 8.88. The summed E-state index contributed by atoms with van der Waals surface area (Å²) in [6.45, 7) is 6.95. The Balaban J connectivity index is 1.65. The number of alkyl carbamates (subject to hydrolysis) is 1. The Kier molecular flexibility index (Phi) is 6.85. The number of rotatable bonds is 5. The van der Waals surface area contributed by atoms with Gasteiger partial charge in [0, 0.05) is 25.6 Å². The molecule has 1 heterocycles. The summed E-state index contributed by atoms with van der Waals surface area (Å²) < 4.78 is 5.28. The first-order chi connectivity index (χ1) is 11.8. The topological polar surface area (TPSA) is 58.6 Å². The number of hydrogen-bond acceptors (Lipinski definition) is 3. The molecule has 1 N–H and O–H groups in total. The molecule has 0 spiro atoms. The maximum Gasteiger partial charge on any atom is 0.407 e. The van der Waals surface area contributed by atoms with Crippen molar-refractivity contribution in [3.8, 4) is 0 Å². The van der Waals surface area contributed by atoms with Crippen LogP contribution in [0.15, 0.2) is 30.3 Å². The van der Waals surface area contributed by atoms with Crippen molar-refractivity contribution in [3.63, 3.8) is 0 Å². The molecule has 0 radical (unpaired) electrons. The Labute approximate surface area is 150 Å². The molecule has 1 saturated heterocycles. The number of aryl methyl sites for hydroxylation is 1. The largest absolute Gasteiger partial charge is 0.444 e. The molecule has 1 aliphatic heterocycles. The minimum absolute atomic E-state index is 0.0863. The molecule has 0 saturated carbocycles. The molecule has 5 nitrogen and oxygen atoms in total. The molecule has 0 atom stereocenters. The van der Waals surface area contributed by atoms with Crippen LogP contribution >= 0.6 is 0 Å². The van der Waals surface area contributed by atoms with Crippen LogP contribution in [-0.2, 0) is 16.0 Å². The van der Waals surface area contributed by atoms with Gasteiger partial charge in [-0.1, -0.05) is 30.3 Å². The van der Waals surface area contributed by atoms with Gasteiger partial charge in [-0.2, -0.15) is 0 Å². The number of benzene rings is 1. The molecule has 0 unspecified atom stereocenters. The van der Waals surface area contributed by atoms with Crippen LogP contribution in [0.3, 0.4) is 0 Å². The average molecular weight is 346 g/mol. The zero-order chi connectivity index (χ0) is 18.3. The van der Waals surface area contributed by atoms with Crippen molar-refractivity contribution in [1.82, 2.24) is 10.2 Å². The van der Waals surface area contributed by atoms with E-state index in [1.807, 2.05) is 43.9 Å². The summed E-state index contributed by atoms with van der Waals surface area (Å²) in [5.74, 6) is 0.214. The third-order valence-corrected chi connectivity index (χ3v) is 4.27. The second-order valence-electron chi connectivity index (χ2n) is 7.64. The molecule has 1 aromatic carbocycles. The molecule has 1 aromatic rings. The van der Waals surface area contributed by atoms with Crippen molar-refractivity contribution in [2.45, 2.75) is 64.5 Å². The van der Waals surface area contributed by atoms with Crippen LogP contribution in [0.4, 0.5) is 4.79 Å². The van der Waals surface area contributed by atoms with E-state index in [0.29, 0.717) is 19.5 Å². The van der Waals surface area contributed by atoms with E-state index >= 15 is 0 Å². The van der Waals surface area contributed by atoms with E-state index in [9.17, 15) is 9.59 Å². The predicted molar refractivity (Wildman–Crippen MR) is 98.4 cm³/mol. The van der Waals surface area contributed by atoms with Gasteiger partial charge in [-0.05, 0) is 52.0 Å². The molecule has 0 bridgehead atoms. The summed E-state index contributed by atoms with van der Waals surface area (Å²) in [7, 11) is 0. The Morgan fingerprint density at radius 2 is 1.80 bits per heavy atom. The summed E-state index contributed by atoms with van der Waals surface area (Å²) in [4.78, 5) is 26.0. The Bertz CT molecular complexity index is 558. The third-order valence-electron chi connectivity index (χ3n) is 4.27. The summed E-state index contributed by atoms with van der Waals surface area (Å²) in [6.07, 6.45) is 3.58. The minimum Gasteiger partial charge on any atom is -0.444 e. The van der Waals surface area contributed by atoms with Gasteiger partial charge in [-0.15, -0.1) is 0 Å². The van der Waals surface area contributed by atoms with Crippen LogP contribution in [0.25, 0.3) is 0 Å². The highest BCUT2D eigenvalue weighted by molar-refractivity contribution is 5.76. The number of amides is 2. The standard InChI is InChI=1S/C20H30N2O3/c1-20(2,3)25-19(24)21-17-12-14-22(15-13-17)18(23)11-7-10-16-8-5-4-6-9-16/h4-6,8-9,17H,7,10-15H2,1-3H3,(H,21,24). The number of hydrogen-bond donors (Lipinski definition) is 1. The fourth-order valence-electron chi connectivity index (χ4n) is 2.99. The maximum absolute atomic E-state index is 12.3. The zero-order valence-electron chi connectivity index (χ0n) is 15.6. The number of carbonyl (C=O) groups excluding carboxylic acids is 2. The van der Waals surface area contributed by atoms with Crippen molar-refractivity contribution >= 4 is 12.0 Å². The lowest BCUT2D eigenvalue weighted by molar-refractivity contribution is -0.132. The number of carbonyl (C=O) groups is 2. The van der Waals surface area contributed by atoms with Gasteiger partial charge in [0.2, 0.25) is 5.91 Å². The van der Waals surface area contributed by atoms with Crippen molar-refractivity contribution in [1.29, 1.82) is 0 Å². The van der Waals surface area contributed by atoms with Gasteiger partial charge in [-0.3, -0.25) is 4.79 Å². The number of nitrogens with zero attached hydrogens (tertiary/aromatic N) is 1. The first-order valence-electron chi connectivity index (χ1n) is 9.15. The van der Waals surface area contributed by atoms with Gasteiger partial charge in [0.05, 0.1) is 0 Å². The summed E-state index contributed by atoms with van der Waals surface area (Å²) in [5.41, 5.74) is 0.787. The molecule has 1 aliphatic rings. The smallest absolute Gasteiger partial charge is 0.407 e. The molecule has 0 aliphatic carbocycles. The predicted octanol–water partition coefficient (Wildman–Crippen LogP) is 3.53. The lowest BCUT2D eigenvalue weighted by atomic mass is 10.0. The van der Waals surface area contributed by atoms with Gasteiger partial charge in [0.1, 0.15) is 5.60 Å². The number of nitrogens with one attached hydrogen (secondary N) is 1. The molecule has 1 fully saturated rings. The van der Waals surface area contributed by atoms with Crippen LogP contribution in [0, 0.1) is 0 Å². The van der Waals surface area contributed by atoms with Crippen molar-refractivity contribution in [3.05, 3.63) is 35.9 Å². The highest BCUT2D eigenvalue weighted by atomic mass is 16.6. The van der Waals surface area contributed by atoms with E-state index in [-0.39, 0.29) is 18.0 Å². The van der Waals surface area contributed by atoms with Crippen molar-refractivity contribution in [2.75, 3.05) is 13.1 Å². The van der Waals surface area contributed by atoms with E-state index in [1.165, 1.54) is 5.56 Å². The van der Waals surface area contributed by atoms with Crippen molar-refractivity contribution in [2.24, 2.45) is 0 Å². The monoisotopic (exact) mass is 346 g/mol. The summed E-state index contributed by atoms with van der Waals surface area (Å²) >= 11 is 0. The molecule has 2 rings (SSSR count). The second-order valence-corrected chi connectivity index (χ2v) is 7.64. The van der Waals surface area contributed by atoms with Gasteiger partial charge in [-0.25, -0.2) is 4.79 Å². The SMILES string of the molecule is CC(C)(C)OC(=O)NC1CCN(C(=O)CCCc2ccccc2)CC1. The molecular weight excluding hydrogens is 316 g/mol. The van der Waals surface area contributed by atoms with E-state index < -0.39 is 5.60 Å². The number of likely N-dealkylation sites (tertiary alicyclic amines) is 1. The summed E-state index contributed by atoms with van der Waals surface area (Å²) in [5, 5.41) is 2.90. The van der Waals surface area contributed by atoms with Gasteiger partial charge in [0.15, 0.2) is 0 Å². The molecule has 0 aromatic heterocycles. The molecule has 5 heteroatoms. The van der Waals surface area contributed by atoms with Crippen molar-refractivity contribution < 1.29 is 14.3 Å². The van der Waals surface area contributed by atoms with E-state index in [2.05, 4.69) is 17.4 Å². The normalized spacial score (nSPS) is 15.7. The van der Waals surface area contributed by atoms with Gasteiger partial charge >= 0.3 is 6.09 Å². The Morgan fingerprint density at radius 1 is 1.16 bits per heavy atom. The van der Waals surface area contributed by atoms with E-state index in [0.717, 1.165) is 25.7 Å². The summed E-state index contributed by atoms with van der Waals surface area (Å²) in [6, 6.07) is 10.3.